The minimum Gasteiger partial charge on any atom is -0.497 e. The Morgan fingerprint density at radius 3 is 2.57 bits per heavy atom. The van der Waals surface area contributed by atoms with E-state index in [1.165, 1.54) is 57.1 Å². The average Bonchev–Trinajstić information content (AvgIpc) is 3.52. The van der Waals surface area contributed by atoms with E-state index in [1.54, 1.807) is 6.07 Å². The van der Waals surface area contributed by atoms with Crippen molar-refractivity contribution in [2.24, 2.45) is 0 Å². The molecule has 1 fully saturated rings. The molecule has 0 saturated heterocycles. The molecule has 0 atom stereocenters. The number of rotatable bonds is 6. The molecule has 1 aliphatic rings. The highest BCUT2D eigenvalue weighted by Gasteiger charge is 2.37. The average molecular weight is 430 g/mol. The first-order valence-corrected chi connectivity index (χ1v) is 10.7. The van der Waals surface area contributed by atoms with Gasteiger partial charge in [0.1, 0.15) is 16.5 Å². The summed E-state index contributed by atoms with van der Waals surface area (Å²) in [6.07, 6.45) is 5.41. The number of aromatic nitrogens is 2. The monoisotopic (exact) mass is 430 g/mol. The molecule has 1 aromatic carbocycles. The van der Waals surface area contributed by atoms with Crippen molar-refractivity contribution in [3.8, 4) is 17.0 Å². The summed E-state index contributed by atoms with van der Waals surface area (Å²) in [6.45, 7) is 0. The Kier molecular flexibility index (Phi) is 5.07. The van der Waals surface area contributed by atoms with Gasteiger partial charge in [-0.05, 0) is 48.6 Å². The van der Waals surface area contributed by atoms with E-state index in [4.69, 9.17) is 9.47 Å². The molecule has 2 heterocycles. The number of ether oxygens (including phenoxy) is 2. The Bertz CT molecular complexity index is 1220. The fourth-order valence-corrected chi connectivity index (χ4v) is 4.79. The molecule has 0 aliphatic heterocycles. The lowest BCUT2D eigenvalue weighted by Crippen LogP contribution is -2.14. The molecular weight excluding hydrogens is 411 g/mol. The topological polar surface area (TPSA) is 87.5 Å². The Hall–Kier alpha value is -3.20. The van der Waals surface area contributed by atoms with Gasteiger partial charge in [0, 0.05) is 30.2 Å². The van der Waals surface area contributed by atoms with Crippen molar-refractivity contribution in [1.82, 2.24) is 8.96 Å². The van der Waals surface area contributed by atoms with E-state index in [-0.39, 0.29) is 27.6 Å². The maximum Gasteiger partial charge on any atom is 0.339 e. The van der Waals surface area contributed by atoms with Crippen molar-refractivity contribution in [1.29, 1.82) is 0 Å². The second kappa shape index (κ2) is 7.56. The summed E-state index contributed by atoms with van der Waals surface area (Å²) in [4.78, 5) is 16.3. The summed E-state index contributed by atoms with van der Waals surface area (Å²) in [5.74, 6) is -1.09. The zero-order valence-corrected chi connectivity index (χ0v) is 17.1. The zero-order chi connectivity index (χ0) is 21.5. The number of nitrogens with zero attached hydrogens (tertiary/aromatic N) is 2. The summed E-state index contributed by atoms with van der Waals surface area (Å²) < 4.78 is 52.7. The highest BCUT2D eigenvalue weighted by Crippen LogP contribution is 2.48. The normalized spacial score (nSPS) is 13.8. The highest BCUT2D eigenvalue weighted by atomic mass is 32.2. The molecule has 7 nitrogen and oxygen atoms in total. The molecule has 9 heteroatoms. The summed E-state index contributed by atoms with van der Waals surface area (Å²) in [7, 11) is -1.52. The molecule has 0 amide bonds. The number of pyridine rings is 1. The Morgan fingerprint density at radius 1 is 1.23 bits per heavy atom. The SMILES string of the molecule is COC(=O)c1cn(S(=O)(=O)c2cccnc2)c(-c2ccc(OC)cc2F)c1C1CC1. The lowest BCUT2D eigenvalue weighted by molar-refractivity contribution is 0.0599. The van der Waals surface area contributed by atoms with E-state index in [0.29, 0.717) is 11.3 Å². The Morgan fingerprint density at radius 2 is 2.00 bits per heavy atom. The first-order valence-electron chi connectivity index (χ1n) is 9.21. The van der Waals surface area contributed by atoms with Crippen LogP contribution in [-0.4, -0.2) is 37.6 Å². The molecule has 0 spiro atoms. The minimum atomic E-state index is -4.15. The number of esters is 1. The molecule has 156 valence electrons. The van der Waals surface area contributed by atoms with Crippen LogP contribution in [0.4, 0.5) is 4.39 Å². The van der Waals surface area contributed by atoms with Gasteiger partial charge in [0.2, 0.25) is 0 Å². The lowest BCUT2D eigenvalue weighted by atomic mass is 10.0. The van der Waals surface area contributed by atoms with Crippen molar-refractivity contribution in [2.45, 2.75) is 23.7 Å². The highest BCUT2D eigenvalue weighted by molar-refractivity contribution is 7.90. The molecule has 0 radical (unpaired) electrons. The Balaban J connectivity index is 2.04. The van der Waals surface area contributed by atoms with Gasteiger partial charge in [-0.15, -0.1) is 0 Å². The fourth-order valence-electron chi connectivity index (χ4n) is 3.44. The largest absolute Gasteiger partial charge is 0.497 e. The predicted molar refractivity (Wildman–Crippen MR) is 107 cm³/mol. The van der Waals surface area contributed by atoms with Crippen LogP contribution in [0.2, 0.25) is 0 Å². The van der Waals surface area contributed by atoms with Crippen LogP contribution < -0.4 is 4.74 Å². The van der Waals surface area contributed by atoms with Gasteiger partial charge in [0.25, 0.3) is 10.0 Å². The van der Waals surface area contributed by atoms with Crippen LogP contribution in [0.3, 0.4) is 0 Å². The van der Waals surface area contributed by atoms with Crippen LogP contribution in [0.5, 0.6) is 5.75 Å². The van der Waals surface area contributed by atoms with Crippen LogP contribution in [0.25, 0.3) is 11.3 Å². The third kappa shape index (κ3) is 3.35. The lowest BCUT2D eigenvalue weighted by Gasteiger charge is -2.14. The Labute approximate surface area is 173 Å². The van der Waals surface area contributed by atoms with E-state index in [2.05, 4.69) is 4.98 Å². The van der Waals surface area contributed by atoms with Crippen molar-refractivity contribution in [3.05, 3.63) is 65.9 Å². The minimum absolute atomic E-state index is 0.0547. The first kappa shape index (κ1) is 20.1. The number of methoxy groups -OCH3 is 2. The molecule has 2 aromatic heterocycles. The quantitative estimate of drug-likeness (QED) is 0.556. The van der Waals surface area contributed by atoms with Crippen molar-refractivity contribution in [2.75, 3.05) is 14.2 Å². The molecule has 1 aliphatic carbocycles. The van der Waals surface area contributed by atoms with Crippen LogP contribution in [0, 0.1) is 5.82 Å². The summed E-state index contributed by atoms with van der Waals surface area (Å²) in [5.41, 5.74) is 0.748. The van der Waals surface area contributed by atoms with E-state index >= 15 is 4.39 Å². The van der Waals surface area contributed by atoms with Gasteiger partial charge in [-0.25, -0.2) is 21.6 Å². The van der Waals surface area contributed by atoms with E-state index in [9.17, 15) is 13.2 Å². The molecular formula is C21H19FN2O5S. The van der Waals surface area contributed by atoms with Crippen LogP contribution >= 0.6 is 0 Å². The molecule has 1 saturated carbocycles. The first-order chi connectivity index (χ1) is 14.4. The molecule has 30 heavy (non-hydrogen) atoms. The smallest absolute Gasteiger partial charge is 0.339 e. The zero-order valence-electron chi connectivity index (χ0n) is 16.3. The number of carbonyl (C=O) groups excluding carboxylic acids is 1. The van der Waals surface area contributed by atoms with Crippen molar-refractivity contribution in [3.63, 3.8) is 0 Å². The van der Waals surface area contributed by atoms with Gasteiger partial charge < -0.3 is 9.47 Å². The number of halogens is 1. The standard InChI is InChI=1S/C21H19FN2O5S/c1-28-14-7-8-16(18(22)10-14)20-19(13-5-6-13)17(21(25)29-2)12-24(20)30(26,27)15-4-3-9-23-11-15/h3-4,7-13H,5-6H2,1-2H3. The second-order valence-corrected chi connectivity index (χ2v) is 8.72. The summed E-state index contributed by atoms with van der Waals surface area (Å²) >= 11 is 0. The summed E-state index contributed by atoms with van der Waals surface area (Å²) in [5, 5.41) is 0. The maximum atomic E-state index is 15.0. The molecule has 0 unspecified atom stereocenters. The van der Waals surface area contributed by atoms with E-state index in [0.717, 1.165) is 16.8 Å². The van der Waals surface area contributed by atoms with Crippen molar-refractivity contribution < 1.29 is 27.1 Å². The number of hydrogen-bond donors (Lipinski definition) is 0. The van der Waals surface area contributed by atoms with Gasteiger partial charge in [-0.2, -0.15) is 0 Å². The van der Waals surface area contributed by atoms with Gasteiger partial charge in [-0.3, -0.25) is 4.98 Å². The van der Waals surface area contributed by atoms with Gasteiger partial charge >= 0.3 is 5.97 Å². The van der Waals surface area contributed by atoms with Crippen molar-refractivity contribution >= 4 is 16.0 Å². The predicted octanol–water partition coefficient (Wildman–Crippen LogP) is 3.60. The number of carbonyl (C=O) groups is 1. The molecule has 3 aromatic rings. The molecule has 4 rings (SSSR count). The number of benzene rings is 1. The van der Waals surface area contributed by atoms with E-state index in [1.807, 2.05) is 0 Å². The number of hydrogen-bond acceptors (Lipinski definition) is 6. The maximum absolute atomic E-state index is 15.0. The van der Waals surface area contributed by atoms with Crippen LogP contribution in [0.15, 0.2) is 53.8 Å². The van der Waals surface area contributed by atoms with Gasteiger partial charge in [0.05, 0.1) is 25.5 Å². The molecule has 0 N–H and O–H groups in total. The summed E-state index contributed by atoms with van der Waals surface area (Å²) in [6, 6.07) is 7.06. The van der Waals surface area contributed by atoms with Gasteiger partial charge in [0.15, 0.2) is 0 Å². The van der Waals surface area contributed by atoms with Gasteiger partial charge in [-0.1, -0.05) is 0 Å². The second-order valence-electron chi connectivity index (χ2n) is 6.91. The third-order valence-corrected chi connectivity index (χ3v) is 6.67. The van der Waals surface area contributed by atoms with E-state index < -0.39 is 21.8 Å². The third-order valence-electron chi connectivity index (χ3n) is 5.03. The fraction of sp³-hybridized carbons (Fsp3) is 0.238. The molecule has 0 bridgehead atoms. The van der Waals surface area contributed by atoms with Crippen LogP contribution in [0.1, 0.15) is 34.7 Å². The van der Waals surface area contributed by atoms with Crippen LogP contribution in [-0.2, 0) is 14.8 Å².